The molecule has 2 nitrogen and oxygen atoms in total. The standard InChI is InChI=1S/C16H32N2S/c1-6-8-9-13(7-2)12-17-15-18-14(10-11-19-15)16(3,4)5/h13-14H,6-12H2,1-5H3,(H,17,18). The Balaban J connectivity index is 2.47. The predicted octanol–water partition coefficient (Wildman–Crippen LogP) is 4.70. The van der Waals surface area contributed by atoms with Crippen LogP contribution in [0.4, 0.5) is 0 Å². The molecule has 0 bridgehead atoms. The first kappa shape index (κ1) is 16.9. The highest BCUT2D eigenvalue weighted by atomic mass is 32.2. The maximum absolute atomic E-state index is 4.84. The molecule has 0 aliphatic carbocycles. The first-order chi connectivity index (χ1) is 8.97. The summed E-state index contributed by atoms with van der Waals surface area (Å²) < 4.78 is 0. The summed E-state index contributed by atoms with van der Waals surface area (Å²) in [5, 5.41) is 4.82. The fourth-order valence-electron chi connectivity index (χ4n) is 2.41. The Morgan fingerprint density at radius 1 is 1.37 bits per heavy atom. The quantitative estimate of drug-likeness (QED) is 0.764. The van der Waals surface area contributed by atoms with Crippen LogP contribution < -0.4 is 5.32 Å². The number of rotatable bonds is 6. The van der Waals surface area contributed by atoms with Gasteiger partial charge in [-0.3, -0.25) is 4.99 Å². The number of nitrogens with zero attached hydrogens (tertiary/aromatic N) is 1. The third-order valence-electron chi connectivity index (χ3n) is 4.02. The second-order valence-corrected chi connectivity index (χ2v) is 7.85. The van der Waals surface area contributed by atoms with Gasteiger partial charge in [-0.25, -0.2) is 0 Å². The molecule has 1 aliphatic rings. The lowest BCUT2D eigenvalue weighted by Gasteiger charge is -2.35. The van der Waals surface area contributed by atoms with E-state index in [4.69, 9.17) is 4.99 Å². The normalized spacial score (nSPS) is 24.3. The van der Waals surface area contributed by atoms with Gasteiger partial charge in [0.1, 0.15) is 0 Å². The molecular weight excluding hydrogens is 252 g/mol. The van der Waals surface area contributed by atoms with Crippen molar-refractivity contribution in [1.82, 2.24) is 5.32 Å². The van der Waals surface area contributed by atoms with Crippen LogP contribution in [-0.4, -0.2) is 23.5 Å². The lowest BCUT2D eigenvalue weighted by Crippen LogP contribution is -2.46. The van der Waals surface area contributed by atoms with Crippen molar-refractivity contribution in [2.75, 3.05) is 12.3 Å². The molecule has 0 radical (unpaired) electrons. The minimum Gasteiger partial charge on any atom is -0.362 e. The van der Waals surface area contributed by atoms with Gasteiger partial charge in [0.2, 0.25) is 0 Å². The first-order valence-electron chi connectivity index (χ1n) is 7.91. The van der Waals surface area contributed by atoms with Crippen molar-refractivity contribution in [2.45, 2.75) is 72.8 Å². The van der Waals surface area contributed by atoms with Crippen LogP contribution in [0.15, 0.2) is 4.99 Å². The molecule has 19 heavy (non-hydrogen) atoms. The SMILES string of the molecule is CCCCC(CC)CN=C1NC(C(C)(C)C)CCS1. The van der Waals surface area contributed by atoms with Gasteiger partial charge < -0.3 is 5.32 Å². The molecule has 1 rings (SSSR count). The van der Waals surface area contributed by atoms with Crippen LogP contribution in [0.25, 0.3) is 0 Å². The Kier molecular flexibility index (Phi) is 7.27. The summed E-state index contributed by atoms with van der Waals surface area (Å²) in [7, 11) is 0. The number of thioether (sulfide) groups is 1. The van der Waals surface area contributed by atoms with E-state index in [-0.39, 0.29) is 0 Å². The zero-order valence-electron chi connectivity index (χ0n) is 13.5. The molecule has 1 heterocycles. The molecule has 0 saturated carbocycles. The van der Waals surface area contributed by atoms with Crippen LogP contribution >= 0.6 is 11.8 Å². The molecule has 112 valence electrons. The van der Waals surface area contributed by atoms with Gasteiger partial charge in [-0.05, 0) is 24.2 Å². The Hall–Kier alpha value is -0.180. The van der Waals surface area contributed by atoms with Crippen LogP contribution in [0.3, 0.4) is 0 Å². The van der Waals surface area contributed by atoms with E-state index in [1.54, 1.807) is 0 Å². The average molecular weight is 285 g/mol. The van der Waals surface area contributed by atoms with E-state index in [1.165, 1.54) is 43.0 Å². The van der Waals surface area contributed by atoms with Crippen molar-refractivity contribution in [3.8, 4) is 0 Å². The van der Waals surface area contributed by atoms with E-state index >= 15 is 0 Å². The van der Waals surface area contributed by atoms with Gasteiger partial charge in [0.25, 0.3) is 0 Å². The Bertz CT molecular complexity index is 281. The third kappa shape index (κ3) is 6.20. The van der Waals surface area contributed by atoms with Crippen molar-refractivity contribution in [3.63, 3.8) is 0 Å². The van der Waals surface area contributed by atoms with Crippen LogP contribution in [0.2, 0.25) is 0 Å². The number of amidine groups is 1. The van der Waals surface area contributed by atoms with Crippen LogP contribution in [-0.2, 0) is 0 Å². The molecule has 1 saturated heterocycles. The molecule has 3 heteroatoms. The van der Waals surface area contributed by atoms with Gasteiger partial charge in [0.05, 0.1) is 0 Å². The minimum atomic E-state index is 0.327. The van der Waals surface area contributed by atoms with Crippen molar-refractivity contribution in [2.24, 2.45) is 16.3 Å². The van der Waals surface area contributed by atoms with Crippen LogP contribution in [0, 0.1) is 11.3 Å². The summed E-state index contributed by atoms with van der Waals surface area (Å²) in [6, 6.07) is 0.572. The monoisotopic (exact) mass is 284 g/mol. The van der Waals surface area contributed by atoms with Gasteiger partial charge in [-0.15, -0.1) is 0 Å². The predicted molar refractivity (Wildman–Crippen MR) is 89.1 cm³/mol. The van der Waals surface area contributed by atoms with E-state index in [0.717, 1.165) is 12.5 Å². The lowest BCUT2D eigenvalue weighted by atomic mass is 9.85. The largest absolute Gasteiger partial charge is 0.362 e. The highest BCUT2D eigenvalue weighted by Gasteiger charge is 2.28. The zero-order chi connectivity index (χ0) is 14.3. The molecule has 2 unspecified atom stereocenters. The molecule has 0 spiro atoms. The first-order valence-corrected chi connectivity index (χ1v) is 8.89. The molecular formula is C16H32N2S. The third-order valence-corrected chi connectivity index (χ3v) is 4.98. The van der Waals surface area contributed by atoms with E-state index in [9.17, 15) is 0 Å². The molecule has 1 aliphatic heterocycles. The number of hydrogen-bond donors (Lipinski definition) is 1. The molecule has 0 aromatic carbocycles. The summed E-state index contributed by atoms with van der Waals surface area (Å²) >= 11 is 1.90. The Morgan fingerprint density at radius 3 is 2.68 bits per heavy atom. The molecule has 0 aromatic rings. The maximum atomic E-state index is 4.84. The molecule has 0 aromatic heterocycles. The van der Waals surface area contributed by atoms with E-state index < -0.39 is 0 Å². The second-order valence-electron chi connectivity index (χ2n) is 6.76. The maximum Gasteiger partial charge on any atom is 0.156 e. The summed E-state index contributed by atoms with van der Waals surface area (Å²) in [6.07, 6.45) is 6.47. The van der Waals surface area contributed by atoms with Crippen LogP contribution in [0.5, 0.6) is 0 Å². The van der Waals surface area contributed by atoms with Crippen molar-refractivity contribution >= 4 is 16.9 Å². The van der Waals surface area contributed by atoms with Crippen molar-refractivity contribution in [3.05, 3.63) is 0 Å². The van der Waals surface area contributed by atoms with Crippen molar-refractivity contribution < 1.29 is 0 Å². The van der Waals surface area contributed by atoms with Crippen molar-refractivity contribution in [1.29, 1.82) is 0 Å². The number of nitrogens with one attached hydrogen (secondary N) is 1. The number of aliphatic imine (C=N–C) groups is 1. The van der Waals surface area contributed by atoms with Gasteiger partial charge >= 0.3 is 0 Å². The number of hydrogen-bond acceptors (Lipinski definition) is 2. The Morgan fingerprint density at radius 2 is 2.11 bits per heavy atom. The highest BCUT2D eigenvalue weighted by Crippen LogP contribution is 2.27. The van der Waals surface area contributed by atoms with E-state index in [1.807, 2.05) is 11.8 Å². The smallest absolute Gasteiger partial charge is 0.156 e. The van der Waals surface area contributed by atoms with Crippen LogP contribution in [0.1, 0.15) is 66.7 Å². The molecule has 1 N–H and O–H groups in total. The zero-order valence-corrected chi connectivity index (χ0v) is 14.3. The second kappa shape index (κ2) is 8.18. The summed E-state index contributed by atoms with van der Waals surface area (Å²) in [5.74, 6) is 1.98. The molecule has 0 amide bonds. The topological polar surface area (TPSA) is 24.4 Å². The fraction of sp³-hybridized carbons (Fsp3) is 0.938. The average Bonchev–Trinajstić information content (AvgIpc) is 2.38. The molecule has 1 fully saturated rings. The Labute approximate surface area is 124 Å². The lowest BCUT2D eigenvalue weighted by molar-refractivity contribution is 0.290. The van der Waals surface area contributed by atoms with Gasteiger partial charge in [-0.1, -0.05) is 65.6 Å². The van der Waals surface area contributed by atoms with E-state index in [2.05, 4.69) is 39.9 Å². The minimum absolute atomic E-state index is 0.327. The van der Waals surface area contributed by atoms with Gasteiger partial charge in [-0.2, -0.15) is 0 Å². The number of unbranched alkanes of at least 4 members (excludes halogenated alkanes) is 1. The molecule has 2 atom stereocenters. The summed E-state index contributed by atoms with van der Waals surface area (Å²) in [4.78, 5) is 4.84. The van der Waals surface area contributed by atoms with Gasteiger partial charge in [0, 0.05) is 18.3 Å². The fourth-order valence-corrected chi connectivity index (χ4v) is 3.34. The summed E-state index contributed by atoms with van der Waals surface area (Å²) in [5.41, 5.74) is 0.327. The van der Waals surface area contributed by atoms with Gasteiger partial charge in [0.15, 0.2) is 5.17 Å². The highest BCUT2D eigenvalue weighted by molar-refractivity contribution is 8.13. The summed E-state index contributed by atoms with van der Waals surface area (Å²) in [6.45, 7) is 12.5. The van der Waals surface area contributed by atoms with E-state index in [0.29, 0.717) is 11.5 Å².